The average molecular weight is 537 g/mol. The number of rotatable bonds is 4. The maximum Gasteiger partial charge on any atom is 0.341 e. The topological polar surface area (TPSA) is 150 Å². The standard InChI is InChI=1S/C24H22F2N10O3/c1-14-21(36(38)39)15(2)34(31-14)22-19(26)13-28-23(30-22)32-5-7-33(8-6-32)24(37)35-20(3-4-29-35)17-9-16(12-27)10-18(25)11-17/h4,9-11,13,20H,3,5-8H2,1-2H3. The number of nitrogens with zero attached hydrogens (tertiary/aromatic N) is 10. The second kappa shape index (κ2) is 10.0. The summed E-state index contributed by atoms with van der Waals surface area (Å²) in [5.41, 5.74) is 0.692. The van der Waals surface area contributed by atoms with Gasteiger partial charge in [-0.15, -0.1) is 0 Å². The SMILES string of the molecule is Cc1nn(-c2nc(N3CCN(C(=O)N4N=CCC4c4cc(F)cc(C#N)c4)CC3)ncc2F)c(C)c1[N+](=O)[O-]. The Hall–Kier alpha value is -5.00. The van der Waals surface area contributed by atoms with Crippen molar-refractivity contribution in [1.29, 1.82) is 5.26 Å². The molecule has 15 heteroatoms. The van der Waals surface area contributed by atoms with Crippen LogP contribution in [0.15, 0.2) is 29.5 Å². The molecule has 200 valence electrons. The van der Waals surface area contributed by atoms with E-state index in [4.69, 9.17) is 5.26 Å². The molecule has 0 saturated carbocycles. The van der Waals surface area contributed by atoms with Gasteiger partial charge in [0.05, 0.1) is 28.8 Å². The molecule has 5 rings (SSSR count). The van der Waals surface area contributed by atoms with Crippen molar-refractivity contribution in [3.05, 3.63) is 68.7 Å². The number of urea groups is 1. The lowest BCUT2D eigenvalue weighted by Crippen LogP contribution is -2.52. The number of carbonyl (C=O) groups is 1. The molecule has 2 aliphatic rings. The molecule has 0 radical (unpaired) electrons. The molecule has 2 aliphatic heterocycles. The van der Waals surface area contributed by atoms with Crippen LogP contribution in [0.25, 0.3) is 5.82 Å². The Labute approximate surface area is 220 Å². The first-order chi connectivity index (χ1) is 18.7. The molecule has 0 N–H and O–H groups in total. The Morgan fingerprint density at radius 1 is 1.18 bits per heavy atom. The highest BCUT2D eigenvalue weighted by Crippen LogP contribution is 2.31. The van der Waals surface area contributed by atoms with Crippen molar-refractivity contribution in [3.63, 3.8) is 0 Å². The first kappa shape index (κ1) is 25.6. The van der Waals surface area contributed by atoms with Crippen molar-refractivity contribution in [2.24, 2.45) is 5.10 Å². The number of halogens is 2. The number of nitro groups is 1. The molecule has 0 bridgehead atoms. The number of piperazine rings is 1. The maximum atomic E-state index is 14.6. The van der Waals surface area contributed by atoms with Crippen LogP contribution in [0.5, 0.6) is 0 Å². The molecule has 1 aromatic carbocycles. The molecule has 4 heterocycles. The fraction of sp³-hybridized carbons (Fsp3) is 0.333. The molecule has 2 aromatic heterocycles. The number of nitriles is 1. The zero-order chi connectivity index (χ0) is 27.8. The van der Waals surface area contributed by atoms with Gasteiger partial charge >= 0.3 is 11.7 Å². The van der Waals surface area contributed by atoms with Gasteiger partial charge in [0.25, 0.3) is 0 Å². The van der Waals surface area contributed by atoms with Gasteiger partial charge in [0, 0.05) is 38.8 Å². The summed E-state index contributed by atoms with van der Waals surface area (Å²) in [6, 6.07) is 4.98. The monoisotopic (exact) mass is 536 g/mol. The van der Waals surface area contributed by atoms with Crippen molar-refractivity contribution in [2.75, 3.05) is 31.1 Å². The molecule has 1 unspecified atom stereocenters. The van der Waals surface area contributed by atoms with Gasteiger partial charge in [-0.3, -0.25) is 10.1 Å². The lowest BCUT2D eigenvalue weighted by Gasteiger charge is -2.37. The largest absolute Gasteiger partial charge is 0.341 e. The Morgan fingerprint density at radius 3 is 2.59 bits per heavy atom. The fourth-order valence-electron chi connectivity index (χ4n) is 4.74. The molecular weight excluding hydrogens is 514 g/mol. The van der Waals surface area contributed by atoms with Crippen molar-refractivity contribution in [1.82, 2.24) is 29.7 Å². The van der Waals surface area contributed by atoms with Crippen LogP contribution < -0.4 is 4.90 Å². The minimum absolute atomic E-state index is 0.133. The van der Waals surface area contributed by atoms with Crippen LogP contribution in [-0.4, -0.2) is 73.0 Å². The minimum atomic E-state index is -0.789. The van der Waals surface area contributed by atoms with Gasteiger partial charge < -0.3 is 9.80 Å². The van der Waals surface area contributed by atoms with Crippen LogP contribution in [0, 0.1) is 46.9 Å². The number of carbonyl (C=O) groups excluding carboxylic acids is 1. The summed E-state index contributed by atoms with van der Waals surface area (Å²) in [5, 5.41) is 30.1. The Balaban J connectivity index is 1.30. The van der Waals surface area contributed by atoms with E-state index < -0.39 is 22.6 Å². The second-order valence-corrected chi connectivity index (χ2v) is 9.07. The van der Waals surface area contributed by atoms with Crippen LogP contribution in [0.2, 0.25) is 0 Å². The Bertz CT molecular complexity index is 1540. The summed E-state index contributed by atoms with van der Waals surface area (Å²) in [5.74, 6) is -1.38. The third kappa shape index (κ3) is 4.72. The number of anilines is 1. The van der Waals surface area contributed by atoms with E-state index >= 15 is 0 Å². The molecule has 2 amide bonds. The number of hydrogen-bond acceptors (Lipinski definition) is 9. The van der Waals surface area contributed by atoms with Gasteiger partial charge in [-0.1, -0.05) is 0 Å². The van der Waals surface area contributed by atoms with Crippen molar-refractivity contribution in [2.45, 2.75) is 26.3 Å². The molecular formula is C24H22F2N10O3. The molecule has 3 aromatic rings. The summed E-state index contributed by atoms with van der Waals surface area (Å²) in [6.45, 7) is 4.15. The van der Waals surface area contributed by atoms with E-state index in [9.17, 15) is 23.7 Å². The zero-order valence-corrected chi connectivity index (χ0v) is 21.0. The highest BCUT2D eigenvalue weighted by molar-refractivity contribution is 5.78. The highest BCUT2D eigenvalue weighted by Gasteiger charge is 2.34. The maximum absolute atomic E-state index is 14.6. The van der Waals surface area contributed by atoms with E-state index in [0.29, 0.717) is 25.1 Å². The van der Waals surface area contributed by atoms with E-state index in [2.05, 4.69) is 20.2 Å². The molecule has 39 heavy (non-hydrogen) atoms. The highest BCUT2D eigenvalue weighted by atomic mass is 19.1. The number of aryl methyl sites for hydroxylation is 1. The van der Waals surface area contributed by atoms with Gasteiger partial charge in [0.15, 0.2) is 11.6 Å². The normalized spacial score (nSPS) is 17.0. The van der Waals surface area contributed by atoms with Crippen LogP contribution in [0.3, 0.4) is 0 Å². The van der Waals surface area contributed by atoms with Crippen molar-refractivity contribution >= 4 is 23.9 Å². The quantitative estimate of drug-likeness (QED) is 0.365. The third-order valence-corrected chi connectivity index (χ3v) is 6.64. The molecule has 1 atom stereocenters. The Morgan fingerprint density at radius 2 is 1.92 bits per heavy atom. The molecule has 1 saturated heterocycles. The Kier molecular flexibility index (Phi) is 6.60. The smallest absolute Gasteiger partial charge is 0.337 e. The molecule has 0 aliphatic carbocycles. The van der Waals surface area contributed by atoms with E-state index in [-0.39, 0.29) is 53.5 Å². The van der Waals surface area contributed by atoms with Crippen molar-refractivity contribution in [3.8, 4) is 11.9 Å². The van der Waals surface area contributed by atoms with Crippen LogP contribution >= 0.6 is 0 Å². The average Bonchev–Trinajstić information content (AvgIpc) is 3.52. The lowest BCUT2D eigenvalue weighted by molar-refractivity contribution is -0.386. The van der Waals surface area contributed by atoms with E-state index in [0.717, 1.165) is 16.9 Å². The predicted octanol–water partition coefficient (Wildman–Crippen LogP) is 3.01. The molecule has 13 nitrogen and oxygen atoms in total. The molecule has 1 fully saturated rings. The van der Waals surface area contributed by atoms with Gasteiger partial charge in [-0.2, -0.15) is 20.4 Å². The molecule has 0 spiro atoms. The number of benzene rings is 1. The van der Waals surface area contributed by atoms with E-state index in [1.807, 2.05) is 6.07 Å². The second-order valence-electron chi connectivity index (χ2n) is 9.07. The van der Waals surface area contributed by atoms with Gasteiger partial charge in [-0.25, -0.2) is 28.3 Å². The van der Waals surface area contributed by atoms with Crippen molar-refractivity contribution < 1.29 is 18.5 Å². The fourth-order valence-corrected chi connectivity index (χ4v) is 4.74. The first-order valence-electron chi connectivity index (χ1n) is 12.0. The van der Waals surface area contributed by atoms with Crippen LogP contribution in [-0.2, 0) is 0 Å². The van der Waals surface area contributed by atoms with E-state index in [1.165, 1.54) is 24.9 Å². The van der Waals surface area contributed by atoms with E-state index in [1.54, 1.807) is 22.1 Å². The summed E-state index contributed by atoms with van der Waals surface area (Å²) in [6.07, 6.45) is 2.94. The van der Waals surface area contributed by atoms with Crippen LogP contribution in [0.1, 0.15) is 35.0 Å². The number of hydrogen-bond donors (Lipinski definition) is 0. The number of aromatic nitrogens is 4. The number of amides is 2. The summed E-state index contributed by atoms with van der Waals surface area (Å²) in [7, 11) is 0. The van der Waals surface area contributed by atoms with Gasteiger partial charge in [0.1, 0.15) is 17.2 Å². The first-order valence-corrected chi connectivity index (χ1v) is 12.0. The third-order valence-electron chi connectivity index (χ3n) is 6.64. The zero-order valence-electron chi connectivity index (χ0n) is 21.0. The van der Waals surface area contributed by atoms with Gasteiger partial charge in [0.2, 0.25) is 5.95 Å². The van der Waals surface area contributed by atoms with Gasteiger partial charge in [-0.05, 0) is 37.6 Å². The number of hydrazone groups is 1. The summed E-state index contributed by atoms with van der Waals surface area (Å²) >= 11 is 0. The van der Waals surface area contributed by atoms with Crippen LogP contribution in [0.4, 0.5) is 25.2 Å². The predicted molar refractivity (Wildman–Crippen MR) is 133 cm³/mol. The summed E-state index contributed by atoms with van der Waals surface area (Å²) in [4.78, 5) is 35.8. The lowest BCUT2D eigenvalue weighted by atomic mass is 10.0. The minimum Gasteiger partial charge on any atom is -0.337 e. The summed E-state index contributed by atoms with van der Waals surface area (Å²) < 4.78 is 29.7.